The van der Waals surface area contributed by atoms with E-state index in [1.807, 2.05) is 6.08 Å². The van der Waals surface area contributed by atoms with E-state index in [1.165, 1.54) is 44.9 Å². The molecule has 120 valence electrons. The van der Waals surface area contributed by atoms with Crippen LogP contribution < -0.4 is 5.32 Å². The van der Waals surface area contributed by atoms with Crippen LogP contribution in [-0.4, -0.2) is 37.0 Å². The molecule has 2 aliphatic rings. The Morgan fingerprint density at radius 3 is 2.48 bits per heavy atom. The minimum Gasteiger partial charge on any atom is -0.339 e. The van der Waals surface area contributed by atoms with Crippen molar-refractivity contribution in [3.63, 3.8) is 0 Å². The van der Waals surface area contributed by atoms with Gasteiger partial charge in [-0.1, -0.05) is 25.3 Å². The Morgan fingerprint density at radius 1 is 1.10 bits per heavy atom. The van der Waals surface area contributed by atoms with E-state index in [1.54, 1.807) is 0 Å². The smallest absolute Gasteiger partial charge is 0.222 e. The maximum atomic E-state index is 12.5. The van der Waals surface area contributed by atoms with Gasteiger partial charge in [-0.05, 0) is 57.0 Å². The number of carbonyl (C=O) groups is 1. The number of amides is 1. The van der Waals surface area contributed by atoms with Crippen LogP contribution in [0.15, 0.2) is 12.7 Å². The van der Waals surface area contributed by atoms with Crippen LogP contribution >= 0.6 is 0 Å². The SMILES string of the molecule is C=CCN(CC1CCCCC1)C(=O)CCC1CCNCC1. The Kier molecular flexibility index (Phi) is 7.28. The number of rotatable bonds is 7. The molecule has 1 amide bonds. The summed E-state index contributed by atoms with van der Waals surface area (Å²) in [6.07, 6.45) is 12.8. The summed E-state index contributed by atoms with van der Waals surface area (Å²) in [6.45, 7) is 7.75. The fourth-order valence-electron chi connectivity index (χ4n) is 3.77. The lowest BCUT2D eigenvalue weighted by atomic mass is 9.88. The Hall–Kier alpha value is -0.830. The highest BCUT2D eigenvalue weighted by atomic mass is 16.2. The molecule has 0 aromatic rings. The number of carbonyl (C=O) groups excluding carboxylic acids is 1. The molecule has 2 fully saturated rings. The van der Waals surface area contributed by atoms with Crippen molar-refractivity contribution < 1.29 is 4.79 Å². The van der Waals surface area contributed by atoms with Gasteiger partial charge in [0.2, 0.25) is 5.91 Å². The van der Waals surface area contributed by atoms with Crippen LogP contribution in [0, 0.1) is 11.8 Å². The first kappa shape index (κ1) is 16.5. The maximum Gasteiger partial charge on any atom is 0.222 e. The molecular weight excluding hydrogens is 260 g/mol. The second kappa shape index (κ2) is 9.24. The number of hydrogen-bond acceptors (Lipinski definition) is 2. The Bertz CT molecular complexity index is 317. The van der Waals surface area contributed by atoms with Crippen molar-refractivity contribution in [2.45, 2.75) is 57.8 Å². The fourth-order valence-corrected chi connectivity index (χ4v) is 3.77. The van der Waals surface area contributed by atoms with Crippen LogP contribution in [0.5, 0.6) is 0 Å². The van der Waals surface area contributed by atoms with Gasteiger partial charge >= 0.3 is 0 Å². The van der Waals surface area contributed by atoms with Gasteiger partial charge < -0.3 is 10.2 Å². The summed E-state index contributed by atoms with van der Waals surface area (Å²) in [6, 6.07) is 0. The second-order valence-electron chi connectivity index (χ2n) is 6.82. The second-order valence-corrected chi connectivity index (χ2v) is 6.82. The minimum absolute atomic E-state index is 0.346. The van der Waals surface area contributed by atoms with E-state index >= 15 is 0 Å². The Morgan fingerprint density at radius 2 is 1.81 bits per heavy atom. The lowest BCUT2D eigenvalue weighted by Crippen LogP contribution is -2.36. The molecule has 1 aliphatic heterocycles. The highest BCUT2D eigenvalue weighted by Crippen LogP contribution is 2.25. The summed E-state index contributed by atoms with van der Waals surface area (Å²) < 4.78 is 0. The summed E-state index contributed by atoms with van der Waals surface area (Å²) >= 11 is 0. The zero-order chi connectivity index (χ0) is 14.9. The van der Waals surface area contributed by atoms with Gasteiger partial charge in [-0.2, -0.15) is 0 Å². The summed E-state index contributed by atoms with van der Waals surface area (Å²) in [5, 5.41) is 3.39. The molecule has 1 saturated heterocycles. The normalized spacial score (nSPS) is 21.1. The van der Waals surface area contributed by atoms with Gasteiger partial charge in [-0.15, -0.1) is 6.58 Å². The molecule has 0 atom stereocenters. The van der Waals surface area contributed by atoms with Crippen LogP contribution in [0.2, 0.25) is 0 Å². The molecule has 2 rings (SSSR count). The highest BCUT2D eigenvalue weighted by molar-refractivity contribution is 5.76. The number of nitrogens with one attached hydrogen (secondary N) is 1. The van der Waals surface area contributed by atoms with Gasteiger partial charge in [0.15, 0.2) is 0 Å². The molecule has 0 aromatic heterocycles. The summed E-state index contributed by atoms with van der Waals surface area (Å²) in [4.78, 5) is 14.6. The van der Waals surface area contributed by atoms with Gasteiger partial charge in [0, 0.05) is 19.5 Å². The standard InChI is InChI=1S/C18H32N2O/c1-2-14-20(15-17-6-4-3-5-7-17)18(21)9-8-16-10-12-19-13-11-16/h2,16-17,19H,1,3-15H2. The highest BCUT2D eigenvalue weighted by Gasteiger charge is 2.21. The Labute approximate surface area is 130 Å². The molecule has 1 heterocycles. The summed E-state index contributed by atoms with van der Waals surface area (Å²) in [7, 11) is 0. The van der Waals surface area contributed by atoms with E-state index in [0.717, 1.165) is 50.9 Å². The first-order chi connectivity index (χ1) is 10.3. The maximum absolute atomic E-state index is 12.5. The zero-order valence-electron chi connectivity index (χ0n) is 13.5. The lowest BCUT2D eigenvalue weighted by molar-refractivity contribution is -0.131. The van der Waals surface area contributed by atoms with Gasteiger partial charge in [-0.25, -0.2) is 0 Å². The van der Waals surface area contributed by atoms with Crippen molar-refractivity contribution in [1.29, 1.82) is 0 Å². The van der Waals surface area contributed by atoms with Crippen molar-refractivity contribution in [1.82, 2.24) is 10.2 Å². The fraction of sp³-hybridized carbons (Fsp3) is 0.833. The van der Waals surface area contributed by atoms with Gasteiger partial charge in [0.05, 0.1) is 0 Å². The molecule has 21 heavy (non-hydrogen) atoms. The average molecular weight is 292 g/mol. The third kappa shape index (κ3) is 5.82. The average Bonchev–Trinajstić information content (AvgIpc) is 2.54. The molecule has 1 N–H and O–H groups in total. The lowest BCUT2D eigenvalue weighted by Gasteiger charge is -2.30. The van der Waals surface area contributed by atoms with Crippen LogP contribution in [0.1, 0.15) is 57.8 Å². The van der Waals surface area contributed by atoms with Crippen molar-refractivity contribution >= 4 is 5.91 Å². The number of nitrogens with zero attached hydrogens (tertiary/aromatic N) is 1. The molecule has 0 unspecified atom stereocenters. The zero-order valence-corrected chi connectivity index (χ0v) is 13.5. The Balaban J connectivity index is 1.75. The summed E-state index contributed by atoms with van der Waals surface area (Å²) in [5.74, 6) is 1.82. The third-order valence-electron chi connectivity index (χ3n) is 5.13. The topological polar surface area (TPSA) is 32.3 Å². The molecule has 3 heteroatoms. The monoisotopic (exact) mass is 292 g/mol. The minimum atomic E-state index is 0.346. The number of piperidine rings is 1. The predicted molar refractivity (Wildman–Crippen MR) is 88.2 cm³/mol. The molecule has 3 nitrogen and oxygen atoms in total. The van der Waals surface area contributed by atoms with Gasteiger partial charge in [-0.3, -0.25) is 4.79 Å². The van der Waals surface area contributed by atoms with Crippen LogP contribution in [0.3, 0.4) is 0 Å². The first-order valence-electron chi connectivity index (χ1n) is 8.89. The van der Waals surface area contributed by atoms with Crippen LogP contribution in [0.25, 0.3) is 0 Å². The van der Waals surface area contributed by atoms with Crippen LogP contribution in [0.4, 0.5) is 0 Å². The van der Waals surface area contributed by atoms with Crippen LogP contribution in [-0.2, 0) is 4.79 Å². The van der Waals surface area contributed by atoms with Gasteiger partial charge in [0.25, 0.3) is 0 Å². The molecular formula is C18H32N2O. The quantitative estimate of drug-likeness (QED) is 0.730. The van der Waals surface area contributed by atoms with Crippen molar-refractivity contribution in [2.24, 2.45) is 11.8 Å². The van der Waals surface area contributed by atoms with E-state index in [0.29, 0.717) is 5.91 Å². The molecule has 0 radical (unpaired) electrons. The van der Waals surface area contributed by atoms with E-state index in [4.69, 9.17) is 0 Å². The predicted octanol–water partition coefficient (Wildman–Crippen LogP) is 3.36. The summed E-state index contributed by atoms with van der Waals surface area (Å²) in [5.41, 5.74) is 0. The third-order valence-corrected chi connectivity index (χ3v) is 5.13. The molecule has 0 bridgehead atoms. The van der Waals surface area contributed by atoms with E-state index in [-0.39, 0.29) is 0 Å². The van der Waals surface area contributed by atoms with Crippen molar-refractivity contribution in [3.8, 4) is 0 Å². The first-order valence-corrected chi connectivity index (χ1v) is 8.89. The van der Waals surface area contributed by atoms with Gasteiger partial charge in [0.1, 0.15) is 0 Å². The largest absolute Gasteiger partial charge is 0.339 e. The van der Waals surface area contributed by atoms with E-state index in [2.05, 4.69) is 16.8 Å². The molecule has 0 aromatic carbocycles. The van der Waals surface area contributed by atoms with Crippen molar-refractivity contribution in [2.75, 3.05) is 26.2 Å². The molecule has 1 aliphatic carbocycles. The number of hydrogen-bond donors (Lipinski definition) is 1. The molecule has 0 spiro atoms. The van der Waals surface area contributed by atoms with E-state index < -0.39 is 0 Å². The van der Waals surface area contributed by atoms with E-state index in [9.17, 15) is 4.79 Å². The molecule has 1 saturated carbocycles. The van der Waals surface area contributed by atoms with Crippen molar-refractivity contribution in [3.05, 3.63) is 12.7 Å².